The van der Waals surface area contributed by atoms with Gasteiger partial charge in [0, 0.05) is 31.7 Å². The lowest BCUT2D eigenvalue weighted by molar-refractivity contribution is -0.195. The molecule has 2 heterocycles. The van der Waals surface area contributed by atoms with Crippen molar-refractivity contribution >= 4 is 17.4 Å². The molecule has 2 saturated heterocycles. The molecule has 0 aliphatic carbocycles. The smallest absolute Gasteiger partial charge is 0.238 e. The predicted molar refractivity (Wildman–Crippen MR) is 94.8 cm³/mol. The lowest BCUT2D eigenvalue weighted by atomic mass is 9.95. The number of hydrogen-bond donors (Lipinski definition) is 1. The molecule has 1 aromatic carbocycles. The fourth-order valence-corrected chi connectivity index (χ4v) is 3.85. The lowest BCUT2D eigenvalue weighted by Crippen LogP contribution is -2.61. The van der Waals surface area contributed by atoms with Gasteiger partial charge in [-0.05, 0) is 32.9 Å². The van der Waals surface area contributed by atoms with E-state index in [1.54, 1.807) is 18.2 Å². The highest BCUT2D eigenvalue weighted by Crippen LogP contribution is 2.34. The zero-order valence-corrected chi connectivity index (χ0v) is 15.1. The summed E-state index contributed by atoms with van der Waals surface area (Å²) in [6.07, 6.45) is 0.849. The van der Waals surface area contributed by atoms with E-state index in [-0.39, 0.29) is 29.4 Å². The van der Waals surface area contributed by atoms with E-state index in [4.69, 9.17) is 9.47 Å². The van der Waals surface area contributed by atoms with Gasteiger partial charge < -0.3 is 14.8 Å². The number of morpholine rings is 1. The normalized spacial score (nSPS) is 25.9. The first-order chi connectivity index (χ1) is 11.8. The number of carbonyl (C=O) groups is 2. The van der Waals surface area contributed by atoms with Crippen LogP contribution in [-0.2, 0) is 14.3 Å². The molecular weight excluding hydrogens is 320 g/mol. The van der Waals surface area contributed by atoms with Crippen molar-refractivity contribution in [3.63, 3.8) is 0 Å². The molecule has 1 unspecified atom stereocenters. The van der Waals surface area contributed by atoms with Crippen LogP contribution >= 0.6 is 0 Å². The van der Waals surface area contributed by atoms with Crippen LogP contribution < -0.4 is 5.32 Å². The number of nitrogens with zero attached hydrogens (tertiary/aromatic N) is 1. The molecule has 0 bridgehead atoms. The minimum atomic E-state index is -0.330. The first kappa shape index (κ1) is 18.0. The van der Waals surface area contributed by atoms with E-state index in [1.165, 1.54) is 6.92 Å². The van der Waals surface area contributed by atoms with E-state index in [0.717, 1.165) is 6.42 Å². The number of para-hydroxylation sites is 1. The van der Waals surface area contributed by atoms with E-state index >= 15 is 0 Å². The summed E-state index contributed by atoms with van der Waals surface area (Å²) in [7, 11) is 0. The largest absolute Gasteiger partial charge is 0.378 e. The molecule has 6 nitrogen and oxygen atoms in total. The fourth-order valence-electron chi connectivity index (χ4n) is 3.85. The Hall–Kier alpha value is -1.76. The average molecular weight is 346 g/mol. The van der Waals surface area contributed by atoms with Gasteiger partial charge in [0.2, 0.25) is 5.91 Å². The van der Waals surface area contributed by atoms with Crippen molar-refractivity contribution in [1.29, 1.82) is 0 Å². The van der Waals surface area contributed by atoms with Crippen LogP contribution in [0.1, 0.15) is 37.6 Å². The zero-order valence-electron chi connectivity index (χ0n) is 15.1. The van der Waals surface area contributed by atoms with Crippen molar-refractivity contribution in [2.24, 2.45) is 0 Å². The van der Waals surface area contributed by atoms with E-state index < -0.39 is 0 Å². The number of nitrogens with one attached hydrogen (secondary N) is 1. The molecule has 0 radical (unpaired) electrons. The summed E-state index contributed by atoms with van der Waals surface area (Å²) in [4.78, 5) is 26.3. The Morgan fingerprint density at radius 1 is 1.24 bits per heavy atom. The predicted octanol–water partition coefficient (Wildman–Crippen LogP) is 2.10. The maximum absolute atomic E-state index is 12.5. The van der Waals surface area contributed by atoms with E-state index in [1.807, 2.05) is 19.9 Å². The van der Waals surface area contributed by atoms with Crippen LogP contribution in [-0.4, -0.2) is 60.6 Å². The average Bonchev–Trinajstić information content (AvgIpc) is 2.92. The maximum atomic E-state index is 12.5. The SMILES string of the molecule is CC(=O)c1ccccc1NC(=O)CN1CC(C)(C)OC2(CCOC2)C1. The second-order valence-corrected chi connectivity index (χ2v) is 7.64. The summed E-state index contributed by atoms with van der Waals surface area (Å²) < 4.78 is 11.8. The molecule has 2 aliphatic heterocycles. The van der Waals surface area contributed by atoms with Crippen molar-refractivity contribution in [3.05, 3.63) is 29.8 Å². The molecule has 6 heteroatoms. The number of rotatable bonds is 4. The van der Waals surface area contributed by atoms with Crippen LogP contribution in [0.25, 0.3) is 0 Å². The van der Waals surface area contributed by atoms with Crippen LogP contribution in [0.2, 0.25) is 0 Å². The van der Waals surface area contributed by atoms with Crippen molar-refractivity contribution in [2.75, 3.05) is 38.2 Å². The Morgan fingerprint density at radius 2 is 2.00 bits per heavy atom. The topological polar surface area (TPSA) is 67.9 Å². The van der Waals surface area contributed by atoms with Gasteiger partial charge in [-0.1, -0.05) is 12.1 Å². The van der Waals surface area contributed by atoms with E-state index in [9.17, 15) is 9.59 Å². The van der Waals surface area contributed by atoms with Gasteiger partial charge in [0.1, 0.15) is 5.60 Å². The van der Waals surface area contributed by atoms with Crippen molar-refractivity contribution < 1.29 is 19.1 Å². The summed E-state index contributed by atoms with van der Waals surface area (Å²) in [6.45, 7) is 8.48. The van der Waals surface area contributed by atoms with Crippen LogP contribution in [0.4, 0.5) is 5.69 Å². The molecule has 2 fully saturated rings. The number of Topliss-reactive ketones (excluding diaryl/α,β-unsaturated/α-hetero) is 1. The standard InChI is InChI=1S/C19H26N2O4/c1-14(22)15-6-4-5-7-16(15)20-17(23)10-21-11-18(2,3)25-19(12-21)8-9-24-13-19/h4-7H,8-13H2,1-3H3,(H,20,23). The van der Waals surface area contributed by atoms with Gasteiger partial charge in [-0.25, -0.2) is 0 Å². The Labute approximate surface area is 148 Å². The first-order valence-corrected chi connectivity index (χ1v) is 8.69. The number of benzene rings is 1. The van der Waals surface area contributed by atoms with Gasteiger partial charge in [0.15, 0.2) is 5.78 Å². The van der Waals surface area contributed by atoms with Crippen LogP contribution in [0, 0.1) is 0 Å². The third-order valence-corrected chi connectivity index (χ3v) is 4.62. The Balaban J connectivity index is 1.67. The summed E-state index contributed by atoms with van der Waals surface area (Å²) >= 11 is 0. The second-order valence-electron chi connectivity index (χ2n) is 7.64. The van der Waals surface area contributed by atoms with E-state index in [2.05, 4.69) is 10.2 Å². The molecular formula is C19H26N2O4. The highest BCUT2D eigenvalue weighted by molar-refractivity contribution is 6.04. The molecule has 1 aromatic rings. The van der Waals surface area contributed by atoms with Gasteiger partial charge in [0.25, 0.3) is 0 Å². The Morgan fingerprint density at radius 3 is 2.68 bits per heavy atom. The summed E-state index contributed by atoms with van der Waals surface area (Å²) in [5.41, 5.74) is 0.438. The molecule has 0 aromatic heterocycles. The minimum Gasteiger partial charge on any atom is -0.378 e. The first-order valence-electron chi connectivity index (χ1n) is 8.69. The van der Waals surface area contributed by atoms with Gasteiger partial charge >= 0.3 is 0 Å². The second kappa shape index (κ2) is 6.86. The third-order valence-electron chi connectivity index (χ3n) is 4.62. The molecule has 25 heavy (non-hydrogen) atoms. The van der Waals surface area contributed by atoms with Gasteiger partial charge in [-0.3, -0.25) is 14.5 Å². The summed E-state index contributed by atoms with van der Waals surface area (Å²) in [5, 5.41) is 2.87. The van der Waals surface area contributed by atoms with Crippen LogP contribution in [0.5, 0.6) is 0 Å². The fraction of sp³-hybridized carbons (Fsp3) is 0.579. The molecule has 1 amide bonds. The van der Waals surface area contributed by atoms with E-state index in [0.29, 0.717) is 37.6 Å². The van der Waals surface area contributed by atoms with Crippen molar-refractivity contribution in [2.45, 2.75) is 38.4 Å². The highest BCUT2D eigenvalue weighted by Gasteiger charge is 2.46. The van der Waals surface area contributed by atoms with Crippen molar-refractivity contribution in [1.82, 2.24) is 4.90 Å². The van der Waals surface area contributed by atoms with Gasteiger partial charge in [-0.15, -0.1) is 0 Å². The Kier molecular flexibility index (Phi) is 4.95. The summed E-state index contributed by atoms with van der Waals surface area (Å²) in [5.74, 6) is -0.189. The zero-order chi connectivity index (χ0) is 18.1. The highest BCUT2D eigenvalue weighted by atomic mass is 16.6. The molecule has 1 atom stereocenters. The molecule has 1 N–H and O–H groups in total. The Bertz CT molecular complexity index is 665. The molecule has 136 valence electrons. The summed E-state index contributed by atoms with van der Waals surface area (Å²) in [6, 6.07) is 7.08. The van der Waals surface area contributed by atoms with Crippen LogP contribution in [0.3, 0.4) is 0 Å². The maximum Gasteiger partial charge on any atom is 0.238 e. The lowest BCUT2D eigenvalue weighted by Gasteiger charge is -2.47. The van der Waals surface area contributed by atoms with Gasteiger partial charge in [-0.2, -0.15) is 0 Å². The number of anilines is 1. The van der Waals surface area contributed by atoms with Crippen molar-refractivity contribution in [3.8, 4) is 0 Å². The number of ketones is 1. The molecule has 0 saturated carbocycles. The number of carbonyl (C=O) groups excluding carboxylic acids is 2. The number of hydrogen-bond acceptors (Lipinski definition) is 5. The minimum absolute atomic E-state index is 0.0644. The third kappa shape index (κ3) is 4.26. The van der Waals surface area contributed by atoms with Gasteiger partial charge in [0.05, 0.1) is 24.4 Å². The number of amides is 1. The monoisotopic (exact) mass is 346 g/mol. The van der Waals surface area contributed by atoms with Crippen LogP contribution in [0.15, 0.2) is 24.3 Å². The number of ether oxygens (including phenoxy) is 2. The molecule has 1 spiro atoms. The molecule has 2 aliphatic rings. The quantitative estimate of drug-likeness (QED) is 0.846. The molecule has 3 rings (SSSR count).